The zero-order valence-corrected chi connectivity index (χ0v) is 10.6. The molecule has 0 bridgehead atoms. The molecule has 5 heteroatoms. The van der Waals surface area contributed by atoms with Crippen LogP contribution in [0.3, 0.4) is 0 Å². The number of nitrogens with zero attached hydrogens (tertiary/aromatic N) is 3. The molecule has 1 unspecified atom stereocenters. The standard InChI is InChI=1S/C15H13FN4/c16-13-9-5-4-8-12(13)15(17)14-10-18-20(19-14)11-6-2-1-3-7-11/h1-10,15H,17H2. The van der Waals surface area contributed by atoms with Crippen molar-refractivity contribution in [1.82, 2.24) is 15.0 Å². The topological polar surface area (TPSA) is 56.7 Å². The Bertz CT molecular complexity index is 709. The predicted molar refractivity (Wildman–Crippen MR) is 73.8 cm³/mol. The van der Waals surface area contributed by atoms with Crippen molar-refractivity contribution in [3.05, 3.63) is 77.9 Å². The molecule has 3 rings (SSSR count). The Morgan fingerprint density at radius 2 is 1.70 bits per heavy atom. The molecule has 0 aliphatic carbocycles. The Morgan fingerprint density at radius 3 is 2.45 bits per heavy atom. The van der Waals surface area contributed by atoms with Gasteiger partial charge in [0.1, 0.15) is 11.5 Å². The smallest absolute Gasteiger partial charge is 0.128 e. The van der Waals surface area contributed by atoms with Crippen molar-refractivity contribution < 1.29 is 4.39 Å². The van der Waals surface area contributed by atoms with Crippen LogP contribution in [-0.4, -0.2) is 15.0 Å². The van der Waals surface area contributed by atoms with Crippen LogP contribution in [0, 0.1) is 5.82 Å². The molecule has 0 fully saturated rings. The molecule has 4 nitrogen and oxygen atoms in total. The lowest BCUT2D eigenvalue weighted by Crippen LogP contribution is -2.14. The Morgan fingerprint density at radius 1 is 1.00 bits per heavy atom. The number of para-hydroxylation sites is 1. The van der Waals surface area contributed by atoms with E-state index in [-0.39, 0.29) is 5.82 Å². The zero-order valence-electron chi connectivity index (χ0n) is 10.6. The van der Waals surface area contributed by atoms with Crippen molar-refractivity contribution in [2.24, 2.45) is 5.73 Å². The molecule has 0 radical (unpaired) electrons. The lowest BCUT2D eigenvalue weighted by atomic mass is 10.1. The van der Waals surface area contributed by atoms with E-state index in [1.165, 1.54) is 10.9 Å². The van der Waals surface area contributed by atoms with E-state index in [0.29, 0.717) is 11.3 Å². The zero-order chi connectivity index (χ0) is 13.9. The van der Waals surface area contributed by atoms with E-state index in [1.807, 2.05) is 30.3 Å². The molecule has 20 heavy (non-hydrogen) atoms. The largest absolute Gasteiger partial charge is 0.319 e. The van der Waals surface area contributed by atoms with Gasteiger partial charge in [-0.1, -0.05) is 36.4 Å². The summed E-state index contributed by atoms with van der Waals surface area (Å²) in [6.45, 7) is 0. The van der Waals surface area contributed by atoms with Gasteiger partial charge in [0.05, 0.1) is 17.9 Å². The minimum absolute atomic E-state index is 0.339. The lowest BCUT2D eigenvalue weighted by Gasteiger charge is -2.09. The first-order valence-electron chi connectivity index (χ1n) is 6.23. The van der Waals surface area contributed by atoms with E-state index in [2.05, 4.69) is 10.2 Å². The number of halogens is 1. The fraction of sp³-hybridized carbons (Fsp3) is 0.0667. The summed E-state index contributed by atoms with van der Waals surface area (Å²) in [5, 5.41) is 8.48. The van der Waals surface area contributed by atoms with Gasteiger partial charge >= 0.3 is 0 Å². The number of rotatable bonds is 3. The van der Waals surface area contributed by atoms with Gasteiger partial charge in [-0.3, -0.25) is 0 Å². The van der Waals surface area contributed by atoms with Crippen LogP contribution in [0.25, 0.3) is 5.69 Å². The summed E-state index contributed by atoms with van der Waals surface area (Å²) >= 11 is 0. The number of hydrogen-bond donors (Lipinski definition) is 1. The molecule has 3 aromatic rings. The minimum Gasteiger partial charge on any atom is -0.319 e. The van der Waals surface area contributed by atoms with Crippen molar-refractivity contribution in [2.75, 3.05) is 0 Å². The number of benzene rings is 2. The Labute approximate surface area is 115 Å². The first kappa shape index (κ1) is 12.5. The van der Waals surface area contributed by atoms with E-state index < -0.39 is 6.04 Å². The SMILES string of the molecule is NC(c1cnn(-c2ccccc2)n1)c1ccccc1F. The van der Waals surface area contributed by atoms with Gasteiger partial charge in [-0.25, -0.2) is 4.39 Å². The molecule has 1 atom stereocenters. The van der Waals surface area contributed by atoms with E-state index in [9.17, 15) is 4.39 Å². The number of nitrogens with two attached hydrogens (primary N) is 1. The molecule has 0 aliphatic rings. The van der Waals surface area contributed by atoms with Crippen molar-refractivity contribution in [2.45, 2.75) is 6.04 Å². The average molecular weight is 268 g/mol. The molecule has 0 saturated carbocycles. The molecule has 100 valence electrons. The van der Waals surface area contributed by atoms with Crippen LogP contribution in [0.15, 0.2) is 60.8 Å². The number of hydrogen-bond acceptors (Lipinski definition) is 3. The van der Waals surface area contributed by atoms with Crippen LogP contribution in [0.2, 0.25) is 0 Å². The predicted octanol–water partition coefficient (Wildman–Crippen LogP) is 2.45. The van der Waals surface area contributed by atoms with Crippen LogP contribution in [0.4, 0.5) is 4.39 Å². The van der Waals surface area contributed by atoms with Crippen LogP contribution >= 0.6 is 0 Å². The molecule has 0 saturated heterocycles. The molecular weight excluding hydrogens is 255 g/mol. The molecule has 0 amide bonds. The Hall–Kier alpha value is -2.53. The molecule has 1 aromatic heterocycles. The molecule has 2 N–H and O–H groups in total. The summed E-state index contributed by atoms with van der Waals surface area (Å²) in [5.74, 6) is -0.339. The molecule has 0 aliphatic heterocycles. The first-order chi connectivity index (χ1) is 9.75. The van der Waals surface area contributed by atoms with Gasteiger partial charge in [-0.15, -0.1) is 0 Å². The second-order valence-electron chi connectivity index (χ2n) is 4.39. The maximum atomic E-state index is 13.7. The summed E-state index contributed by atoms with van der Waals surface area (Å²) in [6.07, 6.45) is 1.56. The van der Waals surface area contributed by atoms with E-state index in [1.54, 1.807) is 24.4 Å². The molecule has 2 aromatic carbocycles. The second kappa shape index (κ2) is 5.22. The van der Waals surface area contributed by atoms with Crippen LogP contribution in [-0.2, 0) is 0 Å². The van der Waals surface area contributed by atoms with E-state index in [0.717, 1.165) is 5.69 Å². The number of aromatic nitrogens is 3. The molecular formula is C15H13FN4. The fourth-order valence-electron chi connectivity index (χ4n) is 1.99. The summed E-state index contributed by atoms with van der Waals surface area (Å²) in [5.41, 5.74) is 7.82. The third-order valence-electron chi connectivity index (χ3n) is 3.06. The van der Waals surface area contributed by atoms with Gasteiger partial charge in [0, 0.05) is 5.56 Å². The summed E-state index contributed by atoms with van der Waals surface area (Å²) < 4.78 is 13.7. The third-order valence-corrected chi connectivity index (χ3v) is 3.06. The fourth-order valence-corrected chi connectivity index (χ4v) is 1.99. The van der Waals surface area contributed by atoms with Crippen molar-refractivity contribution >= 4 is 0 Å². The highest BCUT2D eigenvalue weighted by Crippen LogP contribution is 2.20. The van der Waals surface area contributed by atoms with Gasteiger partial charge in [0.2, 0.25) is 0 Å². The first-order valence-corrected chi connectivity index (χ1v) is 6.23. The quantitative estimate of drug-likeness (QED) is 0.793. The summed E-state index contributed by atoms with van der Waals surface area (Å²) in [4.78, 5) is 1.48. The average Bonchev–Trinajstić information content (AvgIpc) is 2.98. The van der Waals surface area contributed by atoms with Gasteiger partial charge < -0.3 is 5.73 Å². The Kier molecular flexibility index (Phi) is 3.26. The second-order valence-corrected chi connectivity index (χ2v) is 4.39. The summed E-state index contributed by atoms with van der Waals surface area (Å²) in [7, 11) is 0. The van der Waals surface area contributed by atoms with Crippen LogP contribution in [0.5, 0.6) is 0 Å². The van der Waals surface area contributed by atoms with Gasteiger partial charge in [-0.2, -0.15) is 15.0 Å². The normalized spacial score (nSPS) is 12.3. The van der Waals surface area contributed by atoms with Crippen LogP contribution in [0.1, 0.15) is 17.3 Å². The highest BCUT2D eigenvalue weighted by molar-refractivity contribution is 5.30. The van der Waals surface area contributed by atoms with Crippen molar-refractivity contribution in [3.8, 4) is 5.69 Å². The lowest BCUT2D eigenvalue weighted by molar-refractivity contribution is 0.595. The van der Waals surface area contributed by atoms with E-state index >= 15 is 0 Å². The molecule has 0 spiro atoms. The van der Waals surface area contributed by atoms with Gasteiger partial charge in [-0.05, 0) is 18.2 Å². The molecule has 1 heterocycles. The van der Waals surface area contributed by atoms with Crippen molar-refractivity contribution in [3.63, 3.8) is 0 Å². The highest BCUT2D eigenvalue weighted by Gasteiger charge is 2.16. The van der Waals surface area contributed by atoms with Crippen molar-refractivity contribution in [1.29, 1.82) is 0 Å². The van der Waals surface area contributed by atoms with Crippen LogP contribution < -0.4 is 5.73 Å². The Balaban J connectivity index is 1.93. The maximum absolute atomic E-state index is 13.7. The van der Waals surface area contributed by atoms with Gasteiger partial charge in [0.15, 0.2) is 0 Å². The van der Waals surface area contributed by atoms with E-state index in [4.69, 9.17) is 5.73 Å². The monoisotopic (exact) mass is 268 g/mol. The summed E-state index contributed by atoms with van der Waals surface area (Å²) in [6, 6.07) is 15.3. The van der Waals surface area contributed by atoms with Gasteiger partial charge in [0.25, 0.3) is 0 Å². The minimum atomic E-state index is -0.631. The third kappa shape index (κ3) is 2.31. The maximum Gasteiger partial charge on any atom is 0.128 e. The highest BCUT2D eigenvalue weighted by atomic mass is 19.1.